The summed E-state index contributed by atoms with van der Waals surface area (Å²) < 4.78 is 21.2. The van der Waals surface area contributed by atoms with Gasteiger partial charge in [-0.3, -0.25) is 0 Å². The van der Waals surface area contributed by atoms with E-state index in [4.69, 9.17) is 5.14 Å². The first-order chi connectivity index (χ1) is 6.58. The van der Waals surface area contributed by atoms with E-state index in [1.54, 1.807) is 0 Å². The minimum absolute atomic E-state index is 0.0199. The Labute approximate surface area is 85.6 Å². The van der Waals surface area contributed by atoms with Crippen molar-refractivity contribution < 1.29 is 8.42 Å². The van der Waals surface area contributed by atoms with Crippen molar-refractivity contribution in [3.8, 4) is 0 Å². The van der Waals surface area contributed by atoms with Gasteiger partial charge < -0.3 is 5.32 Å². The maximum atomic E-state index is 10.6. The van der Waals surface area contributed by atoms with E-state index >= 15 is 0 Å². The van der Waals surface area contributed by atoms with Crippen LogP contribution in [-0.4, -0.2) is 27.3 Å². The molecule has 0 fully saturated rings. The molecule has 0 saturated carbocycles. The van der Waals surface area contributed by atoms with Crippen molar-refractivity contribution in [1.29, 1.82) is 0 Å². The maximum Gasteiger partial charge on any atom is 0.210 e. The van der Waals surface area contributed by atoms with Gasteiger partial charge in [-0.05, 0) is 32.2 Å². The average molecular weight is 218 g/mol. The number of hydrogen-bond acceptors (Lipinski definition) is 3. The first kappa shape index (κ1) is 11.7. The summed E-state index contributed by atoms with van der Waals surface area (Å²) in [6, 6.07) is 0. The molecule has 1 rings (SSSR count). The van der Waals surface area contributed by atoms with Gasteiger partial charge in [0.15, 0.2) is 0 Å². The predicted octanol–water partition coefficient (Wildman–Crippen LogP) is 0.365. The van der Waals surface area contributed by atoms with Gasteiger partial charge in [0, 0.05) is 6.54 Å². The normalized spacial score (nSPS) is 17.1. The lowest BCUT2D eigenvalue weighted by molar-refractivity contribution is 0.592. The number of nitrogens with two attached hydrogens (primary N) is 1. The van der Waals surface area contributed by atoms with Crippen molar-refractivity contribution in [3.05, 3.63) is 11.6 Å². The second-order valence-corrected chi connectivity index (χ2v) is 5.36. The SMILES string of the molecule is NS(=O)(=O)CCNCCC1=CCCC1. The zero-order valence-electron chi connectivity index (χ0n) is 8.33. The molecule has 0 saturated heterocycles. The van der Waals surface area contributed by atoms with Crippen LogP contribution in [-0.2, 0) is 10.0 Å². The van der Waals surface area contributed by atoms with Crippen LogP contribution in [0.2, 0.25) is 0 Å². The fraction of sp³-hybridized carbons (Fsp3) is 0.778. The molecule has 82 valence electrons. The first-order valence-corrected chi connectivity index (χ1v) is 6.68. The van der Waals surface area contributed by atoms with Gasteiger partial charge in [0.25, 0.3) is 0 Å². The van der Waals surface area contributed by atoms with Crippen molar-refractivity contribution in [2.45, 2.75) is 25.7 Å². The minimum atomic E-state index is -3.30. The molecule has 1 aliphatic carbocycles. The van der Waals surface area contributed by atoms with Gasteiger partial charge in [-0.25, -0.2) is 13.6 Å². The molecule has 0 aliphatic heterocycles. The van der Waals surface area contributed by atoms with Crippen LogP contribution in [0.25, 0.3) is 0 Å². The van der Waals surface area contributed by atoms with Crippen LogP contribution in [0.4, 0.5) is 0 Å². The second-order valence-electron chi connectivity index (χ2n) is 3.62. The molecule has 3 N–H and O–H groups in total. The largest absolute Gasteiger partial charge is 0.315 e. The Morgan fingerprint density at radius 3 is 2.79 bits per heavy atom. The fourth-order valence-electron chi connectivity index (χ4n) is 1.55. The number of allylic oxidation sites excluding steroid dienone is 1. The molecule has 14 heavy (non-hydrogen) atoms. The van der Waals surface area contributed by atoms with Gasteiger partial charge in [-0.1, -0.05) is 11.6 Å². The Bertz CT molecular complexity index is 296. The molecule has 0 heterocycles. The van der Waals surface area contributed by atoms with Gasteiger partial charge in [-0.15, -0.1) is 0 Å². The van der Waals surface area contributed by atoms with E-state index in [0.29, 0.717) is 6.54 Å². The summed E-state index contributed by atoms with van der Waals surface area (Å²) in [6.07, 6.45) is 6.99. The van der Waals surface area contributed by atoms with Crippen LogP contribution in [0.15, 0.2) is 11.6 Å². The third kappa shape index (κ3) is 5.36. The Balaban J connectivity index is 1.99. The number of sulfonamides is 1. The van der Waals surface area contributed by atoms with E-state index < -0.39 is 10.0 Å². The van der Waals surface area contributed by atoms with Gasteiger partial charge >= 0.3 is 0 Å². The molecule has 0 atom stereocenters. The Morgan fingerprint density at radius 2 is 2.21 bits per heavy atom. The molecule has 1 aliphatic rings. The summed E-state index contributed by atoms with van der Waals surface area (Å²) in [4.78, 5) is 0. The van der Waals surface area contributed by atoms with Crippen molar-refractivity contribution in [2.24, 2.45) is 5.14 Å². The maximum absolute atomic E-state index is 10.6. The molecular formula is C9H18N2O2S. The highest BCUT2D eigenvalue weighted by molar-refractivity contribution is 7.89. The van der Waals surface area contributed by atoms with E-state index in [9.17, 15) is 8.42 Å². The van der Waals surface area contributed by atoms with Gasteiger partial charge in [0.1, 0.15) is 0 Å². The summed E-state index contributed by atoms with van der Waals surface area (Å²) in [5.41, 5.74) is 1.49. The Kier molecular flexibility index (Phi) is 4.57. The van der Waals surface area contributed by atoms with Crippen LogP contribution in [0.3, 0.4) is 0 Å². The Hall–Kier alpha value is -0.390. The summed E-state index contributed by atoms with van der Waals surface area (Å²) >= 11 is 0. The molecular weight excluding hydrogens is 200 g/mol. The van der Waals surface area contributed by atoms with Crippen molar-refractivity contribution in [2.75, 3.05) is 18.8 Å². The molecule has 0 unspecified atom stereocenters. The highest BCUT2D eigenvalue weighted by Crippen LogP contribution is 2.19. The fourth-order valence-corrected chi connectivity index (χ4v) is 1.98. The molecule has 0 bridgehead atoms. The van der Waals surface area contributed by atoms with Gasteiger partial charge in [0.2, 0.25) is 10.0 Å². The van der Waals surface area contributed by atoms with Crippen LogP contribution in [0, 0.1) is 0 Å². The third-order valence-corrected chi connectivity index (χ3v) is 3.09. The van der Waals surface area contributed by atoms with Crippen LogP contribution >= 0.6 is 0 Å². The zero-order chi connectivity index (χ0) is 10.4. The van der Waals surface area contributed by atoms with E-state index in [0.717, 1.165) is 13.0 Å². The second kappa shape index (κ2) is 5.48. The highest BCUT2D eigenvalue weighted by Gasteiger charge is 2.04. The smallest absolute Gasteiger partial charge is 0.210 e. The molecule has 0 spiro atoms. The molecule has 4 nitrogen and oxygen atoms in total. The van der Waals surface area contributed by atoms with E-state index in [1.165, 1.54) is 24.8 Å². The Morgan fingerprint density at radius 1 is 1.43 bits per heavy atom. The van der Waals surface area contributed by atoms with Crippen LogP contribution < -0.4 is 10.5 Å². The topological polar surface area (TPSA) is 72.2 Å². The molecule has 0 aromatic rings. The van der Waals surface area contributed by atoms with Crippen LogP contribution in [0.1, 0.15) is 25.7 Å². The summed E-state index contributed by atoms with van der Waals surface area (Å²) in [5, 5.41) is 7.93. The van der Waals surface area contributed by atoms with Crippen LogP contribution in [0.5, 0.6) is 0 Å². The van der Waals surface area contributed by atoms with E-state index in [-0.39, 0.29) is 5.75 Å². The molecule has 0 aromatic heterocycles. The minimum Gasteiger partial charge on any atom is -0.315 e. The molecule has 0 radical (unpaired) electrons. The quantitative estimate of drug-likeness (QED) is 0.499. The molecule has 0 amide bonds. The number of rotatable bonds is 6. The number of primary sulfonamides is 1. The third-order valence-electron chi connectivity index (χ3n) is 2.32. The van der Waals surface area contributed by atoms with Crippen molar-refractivity contribution >= 4 is 10.0 Å². The van der Waals surface area contributed by atoms with Crippen molar-refractivity contribution in [3.63, 3.8) is 0 Å². The summed E-state index contributed by atoms with van der Waals surface area (Å²) in [6.45, 7) is 1.30. The lowest BCUT2D eigenvalue weighted by Crippen LogP contribution is -2.27. The van der Waals surface area contributed by atoms with E-state index in [1.807, 2.05) is 0 Å². The van der Waals surface area contributed by atoms with Gasteiger partial charge in [-0.2, -0.15) is 0 Å². The summed E-state index contributed by atoms with van der Waals surface area (Å²) in [7, 11) is -3.30. The lowest BCUT2D eigenvalue weighted by atomic mass is 10.2. The average Bonchev–Trinajstić information content (AvgIpc) is 2.54. The molecule has 5 heteroatoms. The lowest BCUT2D eigenvalue weighted by Gasteiger charge is -2.04. The molecule has 0 aromatic carbocycles. The number of nitrogens with one attached hydrogen (secondary N) is 1. The standard InChI is InChI=1S/C9H18N2O2S/c10-14(12,13)8-7-11-6-5-9-3-1-2-4-9/h3,11H,1-2,4-8H2,(H2,10,12,13). The summed E-state index contributed by atoms with van der Waals surface area (Å²) in [5.74, 6) is 0.0199. The van der Waals surface area contributed by atoms with E-state index in [2.05, 4.69) is 11.4 Å². The highest BCUT2D eigenvalue weighted by atomic mass is 32.2. The van der Waals surface area contributed by atoms with Crippen molar-refractivity contribution in [1.82, 2.24) is 5.32 Å². The zero-order valence-corrected chi connectivity index (χ0v) is 9.15. The predicted molar refractivity (Wildman–Crippen MR) is 57.4 cm³/mol. The monoisotopic (exact) mass is 218 g/mol. The number of hydrogen-bond donors (Lipinski definition) is 2. The van der Waals surface area contributed by atoms with Gasteiger partial charge in [0.05, 0.1) is 5.75 Å². The first-order valence-electron chi connectivity index (χ1n) is 4.97.